The first-order valence-corrected chi connectivity index (χ1v) is 6.86. The van der Waals surface area contributed by atoms with Gasteiger partial charge in [-0.25, -0.2) is 0 Å². The number of thioether (sulfide) groups is 1. The molecule has 15 heavy (non-hydrogen) atoms. The van der Waals surface area contributed by atoms with Gasteiger partial charge in [0.15, 0.2) is 0 Å². The summed E-state index contributed by atoms with van der Waals surface area (Å²) in [6.07, 6.45) is 1.11. The summed E-state index contributed by atoms with van der Waals surface area (Å²) in [6.45, 7) is 2.86. The minimum atomic E-state index is 0.846. The summed E-state index contributed by atoms with van der Waals surface area (Å²) >= 11 is 5.48. The number of aryl methyl sites for hydroxylation is 2. The lowest BCUT2D eigenvalue weighted by Gasteiger charge is -2.03. The number of halogens is 1. The average molecular weight is 293 g/mol. The van der Waals surface area contributed by atoms with Gasteiger partial charge in [-0.05, 0) is 35.0 Å². The van der Waals surface area contributed by atoms with E-state index < -0.39 is 0 Å². The third-order valence-electron chi connectivity index (χ3n) is 2.14. The normalized spacial score (nSPS) is 10.9. The number of ether oxygens (including phenoxy) is 1. The lowest BCUT2D eigenvalue weighted by Crippen LogP contribution is -1.98. The summed E-state index contributed by atoms with van der Waals surface area (Å²) in [5, 5.41) is 4.36. The number of methoxy groups -OCH3 is 1. The molecule has 1 rings (SSSR count). The molecule has 0 N–H and O–H groups in total. The Labute approximate surface area is 104 Å². The van der Waals surface area contributed by atoms with Crippen LogP contribution >= 0.6 is 27.7 Å². The fourth-order valence-corrected chi connectivity index (χ4v) is 2.96. The highest BCUT2D eigenvalue weighted by atomic mass is 79.9. The van der Waals surface area contributed by atoms with Crippen LogP contribution in [0.15, 0.2) is 4.47 Å². The minimum absolute atomic E-state index is 0.846. The lowest BCUT2D eigenvalue weighted by atomic mass is 10.4. The molecule has 0 spiro atoms. The van der Waals surface area contributed by atoms with Crippen LogP contribution in [-0.4, -0.2) is 29.3 Å². The smallest absolute Gasteiger partial charge is 0.0738 e. The molecule has 3 nitrogen and oxygen atoms in total. The Hall–Kier alpha value is 0. The van der Waals surface area contributed by atoms with Crippen LogP contribution in [0.4, 0.5) is 0 Å². The molecular weight excluding hydrogens is 276 g/mol. The zero-order chi connectivity index (χ0) is 11.3. The molecule has 0 bridgehead atoms. The topological polar surface area (TPSA) is 27.1 Å². The van der Waals surface area contributed by atoms with E-state index in [-0.39, 0.29) is 0 Å². The van der Waals surface area contributed by atoms with Crippen molar-refractivity contribution in [2.45, 2.75) is 19.1 Å². The Kier molecular flexibility index (Phi) is 5.71. The number of hydrogen-bond acceptors (Lipinski definition) is 3. The van der Waals surface area contributed by atoms with E-state index in [1.165, 1.54) is 5.69 Å². The molecule has 0 fully saturated rings. The SMILES string of the molecule is COCCCSCc1c(Br)c(C)nn1C. The molecule has 0 aromatic carbocycles. The third kappa shape index (κ3) is 3.81. The van der Waals surface area contributed by atoms with Gasteiger partial charge in [-0.3, -0.25) is 4.68 Å². The van der Waals surface area contributed by atoms with Crippen molar-refractivity contribution in [3.05, 3.63) is 15.9 Å². The van der Waals surface area contributed by atoms with Gasteiger partial charge >= 0.3 is 0 Å². The van der Waals surface area contributed by atoms with Gasteiger partial charge < -0.3 is 4.74 Å². The zero-order valence-electron chi connectivity index (χ0n) is 9.42. The van der Waals surface area contributed by atoms with Crippen molar-refractivity contribution >= 4 is 27.7 Å². The Morgan fingerprint density at radius 2 is 2.27 bits per heavy atom. The fourth-order valence-electron chi connectivity index (χ4n) is 1.31. The first-order chi connectivity index (χ1) is 7.16. The van der Waals surface area contributed by atoms with Crippen LogP contribution in [0.3, 0.4) is 0 Å². The van der Waals surface area contributed by atoms with Crippen molar-refractivity contribution in [3.8, 4) is 0 Å². The van der Waals surface area contributed by atoms with E-state index >= 15 is 0 Å². The maximum Gasteiger partial charge on any atom is 0.0738 e. The molecule has 1 aromatic rings. The first-order valence-electron chi connectivity index (χ1n) is 4.91. The van der Waals surface area contributed by atoms with E-state index in [9.17, 15) is 0 Å². The second-order valence-corrected chi connectivity index (χ2v) is 5.27. The van der Waals surface area contributed by atoms with Crippen molar-refractivity contribution in [3.63, 3.8) is 0 Å². The van der Waals surface area contributed by atoms with Crippen LogP contribution in [-0.2, 0) is 17.5 Å². The lowest BCUT2D eigenvalue weighted by molar-refractivity contribution is 0.200. The fraction of sp³-hybridized carbons (Fsp3) is 0.700. The predicted octanol–water partition coefficient (Wildman–Crippen LogP) is 2.76. The Morgan fingerprint density at radius 3 is 2.80 bits per heavy atom. The molecule has 0 aliphatic carbocycles. The van der Waals surface area contributed by atoms with Gasteiger partial charge in [-0.2, -0.15) is 16.9 Å². The molecular formula is C10H17BrN2OS. The molecule has 0 atom stereocenters. The molecule has 86 valence electrons. The van der Waals surface area contributed by atoms with Crippen LogP contribution in [0.1, 0.15) is 17.8 Å². The number of hydrogen-bond donors (Lipinski definition) is 0. The largest absolute Gasteiger partial charge is 0.385 e. The molecule has 1 aromatic heterocycles. The van der Waals surface area contributed by atoms with Gasteiger partial charge in [0.1, 0.15) is 0 Å². The summed E-state index contributed by atoms with van der Waals surface area (Å²) < 4.78 is 8.10. The van der Waals surface area contributed by atoms with Gasteiger partial charge in [0.05, 0.1) is 15.9 Å². The molecule has 0 aliphatic heterocycles. The van der Waals surface area contributed by atoms with Gasteiger partial charge in [0.2, 0.25) is 0 Å². The zero-order valence-corrected chi connectivity index (χ0v) is 11.8. The minimum Gasteiger partial charge on any atom is -0.385 e. The Morgan fingerprint density at radius 1 is 1.53 bits per heavy atom. The standard InChI is InChI=1S/C10H17BrN2OS/c1-8-10(11)9(13(2)12-8)7-15-6-4-5-14-3/h4-7H2,1-3H3. The van der Waals surface area contributed by atoms with Crippen LogP contribution < -0.4 is 0 Å². The van der Waals surface area contributed by atoms with E-state index in [2.05, 4.69) is 21.0 Å². The quantitative estimate of drug-likeness (QED) is 0.755. The average Bonchev–Trinajstić information content (AvgIpc) is 2.44. The van der Waals surface area contributed by atoms with Crippen molar-refractivity contribution < 1.29 is 4.74 Å². The van der Waals surface area contributed by atoms with E-state index in [4.69, 9.17) is 4.74 Å². The maximum atomic E-state index is 5.01. The molecule has 0 saturated carbocycles. The monoisotopic (exact) mass is 292 g/mol. The second-order valence-electron chi connectivity index (χ2n) is 3.37. The van der Waals surface area contributed by atoms with Crippen LogP contribution in [0, 0.1) is 6.92 Å². The van der Waals surface area contributed by atoms with Gasteiger partial charge in [0.25, 0.3) is 0 Å². The highest BCUT2D eigenvalue weighted by molar-refractivity contribution is 9.10. The number of rotatable bonds is 6. The van der Waals surface area contributed by atoms with Crippen LogP contribution in [0.25, 0.3) is 0 Å². The first kappa shape index (κ1) is 13.1. The molecule has 0 aliphatic rings. The van der Waals surface area contributed by atoms with E-state index in [1.54, 1.807) is 7.11 Å². The number of aromatic nitrogens is 2. The molecule has 0 amide bonds. The van der Waals surface area contributed by atoms with Crippen molar-refractivity contribution in [2.75, 3.05) is 19.5 Å². The summed E-state index contributed by atoms with van der Waals surface area (Å²) in [5.74, 6) is 2.13. The predicted molar refractivity (Wildman–Crippen MR) is 68.3 cm³/mol. The van der Waals surface area contributed by atoms with Crippen LogP contribution in [0.5, 0.6) is 0 Å². The van der Waals surface area contributed by atoms with Gasteiger partial charge in [0, 0.05) is 26.5 Å². The second kappa shape index (κ2) is 6.55. The summed E-state index contributed by atoms with van der Waals surface area (Å²) in [7, 11) is 3.73. The molecule has 0 saturated heterocycles. The maximum absolute atomic E-state index is 5.01. The van der Waals surface area contributed by atoms with Crippen LogP contribution in [0.2, 0.25) is 0 Å². The Balaban J connectivity index is 2.37. The molecule has 5 heteroatoms. The van der Waals surface area contributed by atoms with Gasteiger partial charge in [-0.15, -0.1) is 0 Å². The number of nitrogens with zero attached hydrogens (tertiary/aromatic N) is 2. The molecule has 0 radical (unpaired) electrons. The third-order valence-corrected chi connectivity index (χ3v) is 4.22. The van der Waals surface area contributed by atoms with E-state index in [0.29, 0.717) is 0 Å². The van der Waals surface area contributed by atoms with E-state index in [1.807, 2.05) is 30.4 Å². The molecule has 1 heterocycles. The summed E-state index contributed by atoms with van der Waals surface area (Å²) in [5.41, 5.74) is 2.32. The summed E-state index contributed by atoms with van der Waals surface area (Å²) in [6, 6.07) is 0. The van der Waals surface area contributed by atoms with Crippen molar-refractivity contribution in [1.29, 1.82) is 0 Å². The summed E-state index contributed by atoms with van der Waals surface area (Å²) in [4.78, 5) is 0. The van der Waals surface area contributed by atoms with Crippen molar-refractivity contribution in [2.24, 2.45) is 7.05 Å². The van der Waals surface area contributed by atoms with Gasteiger partial charge in [-0.1, -0.05) is 0 Å². The highest BCUT2D eigenvalue weighted by Crippen LogP contribution is 2.24. The highest BCUT2D eigenvalue weighted by Gasteiger charge is 2.09. The Bertz CT molecular complexity index is 315. The van der Waals surface area contributed by atoms with Crippen molar-refractivity contribution in [1.82, 2.24) is 9.78 Å². The van der Waals surface area contributed by atoms with E-state index in [0.717, 1.165) is 34.7 Å². The molecule has 0 unspecified atom stereocenters.